The van der Waals surface area contributed by atoms with Crippen LogP contribution in [0.2, 0.25) is 10.3 Å². The number of aromatic nitrogens is 2. The van der Waals surface area contributed by atoms with Crippen molar-refractivity contribution in [3.05, 3.63) is 105 Å². The van der Waals surface area contributed by atoms with Gasteiger partial charge in [0.1, 0.15) is 21.8 Å². The first kappa shape index (κ1) is 30.3. The van der Waals surface area contributed by atoms with Gasteiger partial charge in [0.25, 0.3) is 0 Å². The first-order chi connectivity index (χ1) is 20.4. The van der Waals surface area contributed by atoms with Crippen molar-refractivity contribution >= 4 is 35.1 Å². The highest BCUT2D eigenvalue weighted by Crippen LogP contribution is 2.53. The summed E-state index contributed by atoms with van der Waals surface area (Å²) in [6.07, 6.45) is 0. The van der Waals surface area contributed by atoms with Crippen molar-refractivity contribution in [3.63, 3.8) is 0 Å². The van der Waals surface area contributed by atoms with Crippen LogP contribution in [0.3, 0.4) is 0 Å². The molecule has 0 radical (unpaired) electrons. The summed E-state index contributed by atoms with van der Waals surface area (Å²) in [5.74, 6) is 0.407. The number of carbonyl (C=O) groups is 2. The summed E-state index contributed by atoms with van der Waals surface area (Å²) in [6.45, 7) is 7.15. The third-order valence-electron chi connectivity index (χ3n) is 7.91. The Morgan fingerprint density at radius 1 is 0.698 bits per heavy atom. The molecular formula is C33H30Cl2N2O6. The molecule has 2 aliphatic heterocycles. The summed E-state index contributed by atoms with van der Waals surface area (Å²) in [4.78, 5) is 32.5. The molecular weight excluding hydrogens is 591 g/mol. The summed E-state index contributed by atoms with van der Waals surface area (Å²) < 4.78 is 16.6. The number of carboxylic acids is 1. The first-order valence-electron chi connectivity index (χ1n) is 13.5. The lowest BCUT2D eigenvalue weighted by Gasteiger charge is -2.36. The number of pyridine rings is 2. The molecule has 0 amide bonds. The number of esters is 1. The van der Waals surface area contributed by atoms with Gasteiger partial charge in [-0.3, -0.25) is 9.59 Å². The van der Waals surface area contributed by atoms with Crippen LogP contribution in [0.4, 0.5) is 0 Å². The van der Waals surface area contributed by atoms with Crippen molar-refractivity contribution in [2.75, 3.05) is 7.11 Å². The molecule has 8 nitrogen and oxygen atoms in total. The lowest BCUT2D eigenvalue weighted by molar-refractivity contribution is -0.151. The van der Waals surface area contributed by atoms with Crippen LogP contribution in [-0.2, 0) is 14.3 Å². The van der Waals surface area contributed by atoms with E-state index >= 15 is 0 Å². The van der Waals surface area contributed by atoms with Gasteiger partial charge in [-0.1, -0.05) is 59.6 Å². The molecule has 2 atom stereocenters. The van der Waals surface area contributed by atoms with Crippen LogP contribution in [0, 0.1) is 10.8 Å². The molecule has 0 saturated heterocycles. The van der Waals surface area contributed by atoms with E-state index in [0.29, 0.717) is 33.6 Å². The number of carboxylic acid groups (broad SMARTS) is 1. The number of hydrogen-bond donors (Lipinski definition) is 1. The Bertz CT molecular complexity index is 1720. The number of aliphatic carboxylic acids is 1. The van der Waals surface area contributed by atoms with E-state index in [9.17, 15) is 14.7 Å². The molecule has 6 rings (SSSR count). The van der Waals surface area contributed by atoms with Crippen molar-refractivity contribution in [2.45, 2.75) is 39.5 Å². The second-order valence-corrected chi connectivity index (χ2v) is 12.2. The lowest BCUT2D eigenvalue weighted by atomic mass is 9.70. The van der Waals surface area contributed by atoms with Crippen LogP contribution in [0.1, 0.15) is 61.8 Å². The molecule has 0 saturated carbocycles. The van der Waals surface area contributed by atoms with Crippen molar-refractivity contribution < 1.29 is 28.9 Å². The summed E-state index contributed by atoms with van der Waals surface area (Å²) in [6, 6.07) is 22.1. The fraction of sp³-hybridized carbons (Fsp3) is 0.273. The van der Waals surface area contributed by atoms with Crippen LogP contribution >= 0.6 is 23.2 Å². The van der Waals surface area contributed by atoms with Crippen molar-refractivity contribution in [3.8, 4) is 23.3 Å². The third kappa shape index (κ3) is 5.53. The zero-order valence-corrected chi connectivity index (χ0v) is 25.7. The Labute approximate surface area is 259 Å². The van der Waals surface area contributed by atoms with Gasteiger partial charge in [0.15, 0.2) is 0 Å². The number of methoxy groups -OCH3 is 1. The predicted molar refractivity (Wildman–Crippen MR) is 162 cm³/mol. The Hall–Kier alpha value is -4.14. The molecule has 43 heavy (non-hydrogen) atoms. The molecule has 2 aromatic carbocycles. The number of ether oxygens (including phenoxy) is 3. The largest absolute Gasteiger partial charge is 0.481 e. The van der Waals surface area contributed by atoms with Crippen LogP contribution in [0.5, 0.6) is 23.3 Å². The predicted octanol–water partition coefficient (Wildman–Crippen LogP) is 8.26. The van der Waals surface area contributed by atoms with E-state index in [-0.39, 0.29) is 17.8 Å². The summed E-state index contributed by atoms with van der Waals surface area (Å²) >= 11 is 11.9. The Kier molecular flexibility index (Phi) is 8.11. The second kappa shape index (κ2) is 11.5. The van der Waals surface area contributed by atoms with Crippen LogP contribution in [0.25, 0.3) is 0 Å². The van der Waals surface area contributed by atoms with E-state index in [1.54, 1.807) is 32.0 Å². The van der Waals surface area contributed by atoms with Crippen molar-refractivity contribution in [1.29, 1.82) is 0 Å². The van der Waals surface area contributed by atoms with Gasteiger partial charge in [-0.2, -0.15) is 0 Å². The molecule has 0 aliphatic carbocycles. The minimum absolute atomic E-state index is 0.218. The zero-order valence-electron chi connectivity index (χ0n) is 24.2. The third-order valence-corrected chi connectivity index (χ3v) is 8.33. The summed E-state index contributed by atoms with van der Waals surface area (Å²) in [5.41, 5.74) is 1.60. The van der Waals surface area contributed by atoms with Gasteiger partial charge < -0.3 is 19.3 Å². The van der Waals surface area contributed by atoms with E-state index in [1.807, 2.05) is 68.4 Å². The highest BCUT2D eigenvalue weighted by atomic mass is 35.5. The van der Waals surface area contributed by atoms with Crippen LogP contribution in [-0.4, -0.2) is 34.1 Å². The number of benzene rings is 2. The monoisotopic (exact) mass is 620 g/mol. The molecule has 10 heteroatoms. The molecule has 0 fully saturated rings. The quantitative estimate of drug-likeness (QED) is 0.179. The highest BCUT2D eigenvalue weighted by Gasteiger charge is 2.45. The fourth-order valence-corrected chi connectivity index (χ4v) is 5.97. The molecule has 2 aromatic heterocycles. The Morgan fingerprint density at radius 2 is 1.12 bits per heavy atom. The summed E-state index contributed by atoms with van der Waals surface area (Å²) in [7, 11) is 1.40. The van der Waals surface area contributed by atoms with E-state index in [4.69, 9.17) is 37.4 Å². The maximum absolute atomic E-state index is 12.3. The Morgan fingerprint density at radius 3 is 1.53 bits per heavy atom. The number of halogens is 2. The lowest BCUT2D eigenvalue weighted by Crippen LogP contribution is -2.35. The molecule has 0 spiro atoms. The molecule has 1 N–H and O–H groups in total. The maximum atomic E-state index is 12.3. The normalized spacial score (nSPS) is 16.4. The first-order valence-corrected chi connectivity index (χ1v) is 14.3. The number of carbonyl (C=O) groups excluding carboxylic acids is 1. The smallest absolute Gasteiger partial charge is 0.312 e. The molecule has 2 aliphatic rings. The van der Waals surface area contributed by atoms with Crippen LogP contribution < -0.4 is 9.47 Å². The molecule has 0 bridgehead atoms. The van der Waals surface area contributed by atoms with Gasteiger partial charge in [-0.25, -0.2) is 9.97 Å². The van der Waals surface area contributed by atoms with Gasteiger partial charge in [-0.05, 0) is 64.1 Å². The minimum Gasteiger partial charge on any atom is -0.481 e. The molecule has 2 unspecified atom stereocenters. The minimum atomic E-state index is -0.996. The average Bonchev–Trinajstić information content (AvgIpc) is 2.98. The van der Waals surface area contributed by atoms with Crippen molar-refractivity contribution in [2.24, 2.45) is 10.8 Å². The molecule has 4 aromatic rings. The number of nitrogens with zero attached hydrogens (tertiary/aromatic N) is 2. The van der Waals surface area contributed by atoms with Crippen molar-refractivity contribution in [1.82, 2.24) is 9.97 Å². The standard InChI is InChI=1S/C17H16ClNO3.C16H14ClNO3/c1-17(2,16(20)21-3)14-10-6-4-5-7-12(10)22-15-11(14)8-9-13(18)19-15;1-16(2,15(19)20)13-9-5-3-4-6-11(9)21-14-10(13)7-8-12(17)18-14/h4-9,14H,1-3H3;3-8,13H,1-2H3,(H,19,20). The molecule has 4 heterocycles. The second-order valence-electron chi connectivity index (χ2n) is 11.4. The summed E-state index contributed by atoms with van der Waals surface area (Å²) in [5, 5.41) is 10.3. The van der Waals surface area contributed by atoms with E-state index < -0.39 is 16.8 Å². The average molecular weight is 622 g/mol. The van der Waals surface area contributed by atoms with Gasteiger partial charge in [0, 0.05) is 34.1 Å². The maximum Gasteiger partial charge on any atom is 0.312 e. The number of fused-ring (bicyclic) bond motifs is 4. The topological polar surface area (TPSA) is 108 Å². The van der Waals surface area contributed by atoms with Gasteiger partial charge >= 0.3 is 11.9 Å². The van der Waals surface area contributed by atoms with Gasteiger partial charge in [-0.15, -0.1) is 0 Å². The fourth-order valence-electron chi connectivity index (χ4n) is 5.69. The SMILES string of the molecule is CC(C)(C(=O)O)C1c2ccccc2Oc2nc(Cl)ccc21.COC(=O)C(C)(C)C1c2ccccc2Oc2nc(Cl)ccc21. The number of hydrogen-bond acceptors (Lipinski definition) is 7. The van der Waals surface area contributed by atoms with E-state index in [1.165, 1.54) is 7.11 Å². The molecule has 222 valence electrons. The van der Waals surface area contributed by atoms with E-state index in [2.05, 4.69) is 9.97 Å². The Balaban J connectivity index is 0.000000171. The zero-order chi connectivity index (χ0) is 31.1. The van der Waals surface area contributed by atoms with E-state index in [0.717, 1.165) is 22.3 Å². The van der Waals surface area contributed by atoms with Gasteiger partial charge in [0.2, 0.25) is 11.8 Å². The van der Waals surface area contributed by atoms with Crippen LogP contribution in [0.15, 0.2) is 72.8 Å². The number of rotatable bonds is 4. The number of para-hydroxylation sites is 2. The van der Waals surface area contributed by atoms with Gasteiger partial charge in [0.05, 0.1) is 17.9 Å². The highest BCUT2D eigenvalue weighted by molar-refractivity contribution is 6.29.